The van der Waals surface area contributed by atoms with Crippen LogP contribution in [0.25, 0.3) is 11.1 Å². The molecule has 7 heteroatoms. The third kappa shape index (κ3) is 3.89. The first-order valence-corrected chi connectivity index (χ1v) is 12.8. The Hall–Kier alpha value is -4.00. The lowest BCUT2D eigenvalue weighted by Crippen LogP contribution is -2.40. The molecule has 3 aliphatic rings. The number of fused-ring (bicyclic) bond motifs is 2. The standard InChI is InChI=1S/C30H29N3O4/c1-19(2)32-26(34)25-12-9-21(17-31-25)20-7-10-22(11-8-20)29(13-14-29)28(36)33-16-15-30(18-33)24-6-4-3-5-23(24)27(35)37-30/h3-12,17,19H,13-16,18H2,1-2H3,(H,32,34). The smallest absolute Gasteiger partial charge is 0.339 e. The number of amides is 2. The molecule has 37 heavy (non-hydrogen) atoms. The molecule has 1 spiro atoms. The summed E-state index contributed by atoms with van der Waals surface area (Å²) < 4.78 is 5.84. The Kier molecular flexibility index (Phi) is 5.40. The molecule has 1 saturated carbocycles. The molecule has 188 valence electrons. The number of aromatic nitrogens is 1. The van der Waals surface area contributed by atoms with Gasteiger partial charge in [0.15, 0.2) is 5.60 Å². The highest BCUT2D eigenvalue weighted by atomic mass is 16.6. The second-order valence-electron chi connectivity index (χ2n) is 10.6. The SMILES string of the molecule is CC(C)NC(=O)c1ccc(-c2ccc(C3(C(=O)N4CCC5(C4)OC(=O)c4ccccc45)CC3)cc2)cn1. The van der Waals surface area contributed by atoms with Gasteiger partial charge in [0.25, 0.3) is 5.91 Å². The van der Waals surface area contributed by atoms with Gasteiger partial charge in [0.05, 0.1) is 17.5 Å². The molecule has 1 saturated heterocycles. The molecule has 7 nitrogen and oxygen atoms in total. The lowest BCUT2D eigenvalue weighted by atomic mass is 9.91. The van der Waals surface area contributed by atoms with Gasteiger partial charge in [-0.25, -0.2) is 4.79 Å². The zero-order valence-electron chi connectivity index (χ0n) is 21.0. The molecule has 6 rings (SSSR count). The fourth-order valence-corrected chi connectivity index (χ4v) is 5.67. The molecule has 3 aromatic rings. The highest BCUT2D eigenvalue weighted by Gasteiger charge is 2.57. The molecule has 1 N–H and O–H groups in total. The molecular formula is C30H29N3O4. The summed E-state index contributed by atoms with van der Waals surface area (Å²) in [7, 11) is 0. The van der Waals surface area contributed by atoms with E-state index in [0.29, 0.717) is 30.8 Å². The minimum absolute atomic E-state index is 0.0501. The normalized spacial score (nSPS) is 21.2. The second-order valence-corrected chi connectivity index (χ2v) is 10.6. The number of ether oxygens (including phenoxy) is 1. The summed E-state index contributed by atoms with van der Waals surface area (Å²) in [6.45, 7) is 4.80. The summed E-state index contributed by atoms with van der Waals surface area (Å²) in [5.74, 6) is -0.380. The molecular weight excluding hydrogens is 466 g/mol. The summed E-state index contributed by atoms with van der Waals surface area (Å²) in [5, 5.41) is 2.84. The van der Waals surface area contributed by atoms with Crippen molar-refractivity contribution in [3.63, 3.8) is 0 Å². The number of pyridine rings is 1. The Labute approximate surface area is 215 Å². The third-order valence-corrected chi connectivity index (χ3v) is 7.79. The van der Waals surface area contributed by atoms with Crippen LogP contribution in [0.4, 0.5) is 0 Å². The van der Waals surface area contributed by atoms with Crippen LogP contribution in [0.1, 0.15) is 65.1 Å². The molecule has 0 bridgehead atoms. The molecule has 2 aliphatic heterocycles. The van der Waals surface area contributed by atoms with Crippen molar-refractivity contribution in [1.29, 1.82) is 0 Å². The molecule has 1 atom stereocenters. The van der Waals surface area contributed by atoms with Crippen LogP contribution in [0, 0.1) is 0 Å². The minimum atomic E-state index is -0.728. The van der Waals surface area contributed by atoms with Gasteiger partial charge in [-0.3, -0.25) is 14.6 Å². The van der Waals surface area contributed by atoms with Crippen LogP contribution in [-0.4, -0.2) is 46.8 Å². The summed E-state index contributed by atoms with van der Waals surface area (Å²) in [5.41, 5.74) is 3.54. The molecule has 2 fully saturated rings. The van der Waals surface area contributed by atoms with Gasteiger partial charge in [-0.15, -0.1) is 0 Å². The van der Waals surface area contributed by atoms with Crippen LogP contribution in [-0.2, 0) is 20.5 Å². The molecule has 1 aromatic heterocycles. The van der Waals surface area contributed by atoms with E-state index in [-0.39, 0.29) is 23.8 Å². The van der Waals surface area contributed by atoms with Crippen LogP contribution in [0.15, 0.2) is 66.9 Å². The molecule has 3 heterocycles. The fraction of sp³-hybridized carbons (Fsp3) is 0.333. The maximum Gasteiger partial charge on any atom is 0.339 e. The molecule has 0 radical (unpaired) electrons. The maximum atomic E-state index is 13.7. The average Bonchev–Trinajstić information content (AvgIpc) is 3.54. The topological polar surface area (TPSA) is 88.6 Å². The van der Waals surface area contributed by atoms with E-state index in [1.165, 1.54) is 0 Å². The van der Waals surface area contributed by atoms with Gasteiger partial charge in [0, 0.05) is 36.3 Å². The van der Waals surface area contributed by atoms with E-state index in [2.05, 4.69) is 10.3 Å². The Morgan fingerprint density at radius 3 is 2.38 bits per heavy atom. The predicted molar refractivity (Wildman–Crippen MR) is 138 cm³/mol. The number of esters is 1. The molecule has 2 aromatic carbocycles. The van der Waals surface area contributed by atoms with Crippen molar-refractivity contribution in [1.82, 2.24) is 15.2 Å². The zero-order chi connectivity index (χ0) is 25.8. The Morgan fingerprint density at radius 2 is 1.70 bits per heavy atom. The van der Waals surface area contributed by atoms with Gasteiger partial charge in [-0.2, -0.15) is 0 Å². The van der Waals surface area contributed by atoms with E-state index in [1.54, 1.807) is 18.3 Å². The van der Waals surface area contributed by atoms with E-state index < -0.39 is 11.0 Å². The van der Waals surface area contributed by atoms with Crippen molar-refractivity contribution >= 4 is 17.8 Å². The van der Waals surface area contributed by atoms with E-state index in [4.69, 9.17) is 4.74 Å². The highest BCUT2D eigenvalue weighted by Crippen LogP contribution is 2.52. The second kappa shape index (κ2) is 8.54. The van der Waals surface area contributed by atoms with E-state index in [9.17, 15) is 14.4 Å². The first-order chi connectivity index (χ1) is 17.8. The maximum absolute atomic E-state index is 13.7. The number of carbonyl (C=O) groups is 3. The van der Waals surface area contributed by atoms with E-state index in [1.807, 2.05) is 67.3 Å². The lowest BCUT2D eigenvalue weighted by molar-refractivity contribution is -0.134. The largest absolute Gasteiger partial charge is 0.449 e. The number of nitrogens with one attached hydrogen (secondary N) is 1. The fourth-order valence-electron chi connectivity index (χ4n) is 5.67. The lowest BCUT2D eigenvalue weighted by Gasteiger charge is -2.27. The van der Waals surface area contributed by atoms with Crippen molar-refractivity contribution in [2.45, 2.75) is 50.2 Å². The monoisotopic (exact) mass is 495 g/mol. The zero-order valence-corrected chi connectivity index (χ0v) is 21.0. The van der Waals surface area contributed by atoms with Crippen molar-refractivity contribution in [2.24, 2.45) is 0 Å². The first-order valence-electron chi connectivity index (χ1n) is 12.8. The van der Waals surface area contributed by atoms with Gasteiger partial charge in [0.2, 0.25) is 5.91 Å². The summed E-state index contributed by atoms with van der Waals surface area (Å²) in [4.78, 5) is 44.5. The summed E-state index contributed by atoms with van der Waals surface area (Å²) in [6.07, 6.45) is 3.94. The van der Waals surface area contributed by atoms with Crippen LogP contribution in [0.3, 0.4) is 0 Å². The number of rotatable bonds is 5. The van der Waals surface area contributed by atoms with Gasteiger partial charge < -0.3 is 15.0 Å². The van der Waals surface area contributed by atoms with Crippen molar-refractivity contribution in [3.05, 3.63) is 89.2 Å². The van der Waals surface area contributed by atoms with Crippen LogP contribution >= 0.6 is 0 Å². The van der Waals surface area contributed by atoms with Crippen molar-refractivity contribution in [3.8, 4) is 11.1 Å². The van der Waals surface area contributed by atoms with Crippen LogP contribution in [0.2, 0.25) is 0 Å². The van der Waals surface area contributed by atoms with E-state index in [0.717, 1.165) is 35.1 Å². The minimum Gasteiger partial charge on any atom is -0.449 e. The summed E-state index contributed by atoms with van der Waals surface area (Å²) in [6, 6.07) is 19.2. The van der Waals surface area contributed by atoms with Gasteiger partial charge >= 0.3 is 5.97 Å². The number of benzene rings is 2. The Morgan fingerprint density at radius 1 is 0.973 bits per heavy atom. The van der Waals surface area contributed by atoms with Crippen LogP contribution in [0.5, 0.6) is 0 Å². The van der Waals surface area contributed by atoms with Gasteiger partial charge in [-0.05, 0) is 49.9 Å². The average molecular weight is 496 g/mol. The summed E-state index contributed by atoms with van der Waals surface area (Å²) >= 11 is 0. The van der Waals surface area contributed by atoms with Gasteiger partial charge in [0.1, 0.15) is 5.69 Å². The number of carbonyl (C=O) groups excluding carboxylic acids is 3. The molecule has 1 unspecified atom stereocenters. The van der Waals surface area contributed by atoms with Gasteiger partial charge in [-0.1, -0.05) is 48.5 Å². The van der Waals surface area contributed by atoms with Crippen molar-refractivity contribution < 1.29 is 19.1 Å². The molecule has 1 aliphatic carbocycles. The molecule has 2 amide bonds. The third-order valence-electron chi connectivity index (χ3n) is 7.79. The number of nitrogens with zero attached hydrogens (tertiary/aromatic N) is 2. The van der Waals surface area contributed by atoms with E-state index >= 15 is 0 Å². The number of hydrogen-bond acceptors (Lipinski definition) is 5. The Balaban J connectivity index is 1.17. The van der Waals surface area contributed by atoms with Crippen molar-refractivity contribution in [2.75, 3.05) is 13.1 Å². The number of hydrogen-bond donors (Lipinski definition) is 1. The number of likely N-dealkylation sites (tertiary alicyclic amines) is 1. The highest BCUT2D eigenvalue weighted by molar-refractivity contribution is 5.96. The van der Waals surface area contributed by atoms with Crippen LogP contribution < -0.4 is 5.32 Å². The quantitative estimate of drug-likeness (QED) is 0.536. The Bertz CT molecular complexity index is 1390. The predicted octanol–water partition coefficient (Wildman–Crippen LogP) is 4.22. The first kappa shape index (κ1) is 23.4.